The van der Waals surface area contributed by atoms with E-state index in [1.54, 1.807) is 0 Å². The van der Waals surface area contributed by atoms with E-state index in [9.17, 15) is 16.8 Å². The van der Waals surface area contributed by atoms with Crippen molar-refractivity contribution < 1.29 is 25.9 Å². The summed E-state index contributed by atoms with van der Waals surface area (Å²) in [5, 5.41) is -1.51. The lowest BCUT2D eigenvalue weighted by molar-refractivity contribution is 0.358. The van der Waals surface area contributed by atoms with Crippen LogP contribution < -0.4 is 0 Å². The quantitative estimate of drug-likeness (QED) is 0.590. The van der Waals surface area contributed by atoms with Gasteiger partial charge in [0.15, 0.2) is 0 Å². The highest BCUT2D eigenvalue weighted by Gasteiger charge is 2.20. The minimum Gasteiger partial charge on any atom is -0.285 e. The molecule has 0 aliphatic rings. The second-order valence-electron chi connectivity index (χ2n) is 6.25. The lowest BCUT2D eigenvalue weighted by Crippen LogP contribution is -2.19. The fraction of sp³-hybridized carbons (Fsp3) is 1.00. The highest BCUT2D eigenvalue weighted by molar-refractivity contribution is 7.86. The van der Waals surface area contributed by atoms with Crippen LogP contribution in [0, 0.1) is 11.8 Å². The molecule has 2 N–H and O–H groups in total. The zero-order valence-corrected chi connectivity index (χ0v) is 14.8. The molecule has 0 aliphatic carbocycles. The molecule has 0 heterocycles. The molecule has 0 fully saturated rings. The first-order chi connectivity index (χ1) is 9.34. The Morgan fingerprint density at radius 2 is 0.952 bits per heavy atom. The minimum atomic E-state index is -3.96. The van der Waals surface area contributed by atoms with Gasteiger partial charge in [-0.25, -0.2) is 0 Å². The van der Waals surface area contributed by atoms with E-state index in [0.29, 0.717) is 37.5 Å². The molecule has 0 saturated carbocycles. The van der Waals surface area contributed by atoms with Crippen LogP contribution in [-0.2, 0) is 20.2 Å². The van der Waals surface area contributed by atoms with Gasteiger partial charge in [-0.15, -0.1) is 0 Å². The van der Waals surface area contributed by atoms with Crippen LogP contribution >= 0.6 is 0 Å². The van der Waals surface area contributed by atoms with Crippen molar-refractivity contribution in [1.29, 1.82) is 0 Å². The zero-order valence-electron chi connectivity index (χ0n) is 13.2. The van der Waals surface area contributed by atoms with E-state index in [1.165, 1.54) is 13.8 Å². The normalized spacial score (nSPS) is 19.0. The van der Waals surface area contributed by atoms with Crippen molar-refractivity contribution in [3.63, 3.8) is 0 Å². The van der Waals surface area contributed by atoms with Crippen LogP contribution in [0.4, 0.5) is 0 Å². The fourth-order valence-corrected chi connectivity index (χ4v) is 3.13. The molecule has 6 nitrogen and oxygen atoms in total. The SMILES string of the molecule is CC(CCC(C)S(=O)(=O)O)CC(C)CCC(C)S(=O)(=O)O. The van der Waals surface area contributed by atoms with E-state index < -0.39 is 30.7 Å². The van der Waals surface area contributed by atoms with Gasteiger partial charge >= 0.3 is 0 Å². The van der Waals surface area contributed by atoms with Crippen LogP contribution in [0.25, 0.3) is 0 Å². The summed E-state index contributed by atoms with van der Waals surface area (Å²) in [4.78, 5) is 0. The van der Waals surface area contributed by atoms with E-state index in [0.717, 1.165) is 6.42 Å². The van der Waals surface area contributed by atoms with E-state index in [2.05, 4.69) is 0 Å². The van der Waals surface area contributed by atoms with Gasteiger partial charge in [0.25, 0.3) is 20.2 Å². The lowest BCUT2D eigenvalue weighted by Gasteiger charge is -2.19. The van der Waals surface area contributed by atoms with Gasteiger partial charge < -0.3 is 0 Å². The predicted octanol–water partition coefficient (Wildman–Crippen LogP) is 2.76. The van der Waals surface area contributed by atoms with Crippen molar-refractivity contribution in [2.45, 2.75) is 70.3 Å². The number of hydrogen-bond acceptors (Lipinski definition) is 4. The summed E-state index contributed by atoms with van der Waals surface area (Å²) in [6, 6.07) is 0. The van der Waals surface area contributed by atoms with Gasteiger partial charge in [-0.05, 0) is 57.8 Å². The van der Waals surface area contributed by atoms with Crippen LogP contribution in [-0.4, -0.2) is 36.4 Å². The van der Waals surface area contributed by atoms with E-state index in [4.69, 9.17) is 9.11 Å². The van der Waals surface area contributed by atoms with Crippen molar-refractivity contribution in [1.82, 2.24) is 0 Å². The predicted molar refractivity (Wildman–Crippen MR) is 83.4 cm³/mol. The Kier molecular flexibility index (Phi) is 8.38. The second-order valence-corrected chi connectivity index (χ2v) is 9.92. The Bertz CT molecular complexity index is 451. The van der Waals surface area contributed by atoms with Crippen molar-refractivity contribution >= 4 is 20.2 Å². The second kappa shape index (κ2) is 8.45. The third-order valence-corrected chi connectivity index (χ3v) is 6.46. The Morgan fingerprint density at radius 3 is 1.19 bits per heavy atom. The van der Waals surface area contributed by atoms with Crippen molar-refractivity contribution in [2.75, 3.05) is 0 Å². The van der Waals surface area contributed by atoms with Crippen molar-refractivity contribution in [2.24, 2.45) is 11.8 Å². The smallest absolute Gasteiger partial charge is 0.267 e. The molecule has 0 bridgehead atoms. The zero-order chi connectivity index (χ0) is 16.8. The van der Waals surface area contributed by atoms with Crippen LogP contribution in [0.2, 0.25) is 0 Å². The maximum Gasteiger partial charge on any atom is 0.267 e. The number of rotatable bonds is 10. The van der Waals surface area contributed by atoms with Gasteiger partial charge in [0.05, 0.1) is 10.5 Å². The molecule has 0 aliphatic heterocycles. The molecule has 128 valence electrons. The van der Waals surface area contributed by atoms with Crippen LogP contribution in [0.15, 0.2) is 0 Å². The Morgan fingerprint density at radius 1 is 0.667 bits per heavy atom. The van der Waals surface area contributed by atoms with Crippen LogP contribution in [0.5, 0.6) is 0 Å². The summed E-state index contributed by atoms with van der Waals surface area (Å²) in [7, 11) is -7.92. The lowest BCUT2D eigenvalue weighted by atomic mass is 9.90. The molecule has 0 radical (unpaired) electrons. The Balaban J connectivity index is 4.08. The largest absolute Gasteiger partial charge is 0.285 e. The third kappa shape index (κ3) is 9.44. The third-order valence-electron chi connectivity index (χ3n) is 3.95. The molecule has 0 aromatic heterocycles. The molecule has 4 atom stereocenters. The molecule has 4 unspecified atom stereocenters. The number of hydrogen-bond donors (Lipinski definition) is 2. The topological polar surface area (TPSA) is 109 Å². The van der Waals surface area contributed by atoms with Gasteiger partial charge in [-0.3, -0.25) is 9.11 Å². The minimum absolute atomic E-state index is 0.297. The first kappa shape index (κ1) is 20.8. The standard InChI is InChI=1S/C13H28O6S2/c1-10(5-7-12(3)20(14,15)16)9-11(2)6-8-13(4)21(17,18)19/h10-13H,5-9H2,1-4H3,(H,14,15,16)(H,17,18,19). The Labute approximate surface area is 128 Å². The van der Waals surface area contributed by atoms with Crippen molar-refractivity contribution in [3.05, 3.63) is 0 Å². The van der Waals surface area contributed by atoms with Gasteiger partial charge in [-0.1, -0.05) is 13.8 Å². The highest BCUT2D eigenvalue weighted by atomic mass is 32.2. The van der Waals surface area contributed by atoms with Gasteiger partial charge in [-0.2, -0.15) is 16.8 Å². The molecular weight excluding hydrogens is 316 g/mol. The first-order valence-electron chi connectivity index (χ1n) is 7.26. The fourth-order valence-electron chi connectivity index (χ4n) is 2.26. The Hall–Kier alpha value is -0.180. The van der Waals surface area contributed by atoms with Gasteiger partial charge in [0, 0.05) is 0 Å². The summed E-state index contributed by atoms with van der Waals surface area (Å²) in [5.74, 6) is 0.593. The molecule has 0 saturated heterocycles. The summed E-state index contributed by atoms with van der Waals surface area (Å²) in [6.07, 6.45) is 3.07. The monoisotopic (exact) mass is 344 g/mol. The molecule has 21 heavy (non-hydrogen) atoms. The van der Waals surface area contributed by atoms with Crippen LogP contribution in [0.1, 0.15) is 59.8 Å². The molecule has 8 heteroatoms. The van der Waals surface area contributed by atoms with E-state index >= 15 is 0 Å². The molecule has 0 amide bonds. The highest BCUT2D eigenvalue weighted by Crippen LogP contribution is 2.23. The summed E-state index contributed by atoms with van der Waals surface area (Å²) >= 11 is 0. The summed E-state index contributed by atoms with van der Waals surface area (Å²) in [5.41, 5.74) is 0. The average molecular weight is 344 g/mol. The van der Waals surface area contributed by atoms with Gasteiger partial charge in [0.1, 0.15) is 0 Å². The average Bonchev–Trinajstić information content (AvgIpc) is 2.30. The molecule has 0 aromatic carbocycles. The molecule has 0 rings (SSSR count). The van der Waals surface area contributed by atoms with E-state index in [1.807, 2.05) is 13.8 Å². The van der Waals surface area contributed by atoms with Gasteiger partial charge in [0.2, 0.25) is 0 Å². The summed E-state index contributed by atoms with van der Waals surface area (Å²) < 4.78 is 61.4. The molecule has 0 spiro atoms. The first-order valence-corrected chi connectivity index (χ1v) is 10.3. The van der Waals surface area contributed by atoms with Crippen LogP contribution in [0.3, 0.4) is 0 Å². The maximum absolute atomic E-state index is 10.9. The molecular formula is C13H28O6S2. The summed E-state index contributed by atoms with van der Waals surface area (Å²) in [6.45, 7) is 7.00. The molecule has 0 aromatic rings. The van der Waals surface area contributed by atoms with Crippen molar-refractivity contribution in [3.8, 4) is 0 Å². The maximum atomic E-state index is 10.9. The van der Waals surface area contributed by atoms with E-state index in [-0.39, 0.29) is 0 Å².